The topological polar surface area (TPSA) is 134 Å². The van der Waals surface area contributed by atoms with E-state index in [1.807, 2.05) is 48.5 Å². The molecule has 1 unspecified atom stereocenters. The average molecular weight is 439 g/mol. The highest BCUT2D eigenvalue weighted by atomic mass is 16.6. The molecular weight excluding hydrogens is 414 g/mol. The standard InChI is InChI=1S/C23H25N3O6/c1-3-13(2)19(24-21(28)22(29)30)20(27)25-26-23(31)32-12-18-16-10-6-4-8-14(16)15-9-5-7-11-17(15)18/h4-11,13,18-19H,3,12H2,1-2H3,(H,24,28)(H,25,27)(H,26,31)(H,29,30)/t13?,19-/m1/s1. The first-order valence-electron chi connectivity index (χ1n) is 10.3. The monoisotopic (exact) mass is 439 g/mol. The minimum Gasteiger partial charge on any atom is -0.474 e. The molecule has 168 valence electrons. The normalized spacial score (nSPS) is 13.8. The zero-order valence-corrected chi connectivity index (χ0v) is 17.8. The number of nitrogens with one attached hydrogen (secondary N) is 3. The zero-order chi connectivity index (χ0) is 23.3. The van der Waals surface area contributed by atoms with Crippen molar-refractivity contribution in [1.29, 1.82) is 0 Å². The van der Waals surface area contributed by atoms with Crippen LogP contribution in [0.1, 0.15) is 37.3 Å². The number of aliphatic carboxylic acids is 1. The molecule has 0 bridgehead atoms. The molecule has 0 aliphatic heterocycles. The quantitative estimate of drug-likeness (QED) is 0.403. The lowest BCUT2D eigenvalue weighted by Gasteiger charge is -2.22. The maximum absolute atomic E-state index is 12.4. The fraction of sp³-hybridized carbons (Fsp3) is 0.304. The minimum atomic E-state index is -1.70. The zero-order valence-electron chi connectivity index (χ0n) is 17.8. The van der Waals surface area contributed by atoms with E-state index in [-0.39, 0.29) is 18.4 Å². The molecule has 0 radical (unpaired) electrons. The molecule has 4 N–H and O–H groups in total. The Balaban J connectivity index is 1.59. The largest absolute Gasteiger partial charge is 0.474 e. The lowest BCUT2D eigenvalue weighted by molar-refractivity contribution is -0.151. The summed E-state index contributed by atoms with van der Waals surface area (Å²) in [6.07, 6.45) is -0.365. The van der Waals surface area contributed by atoms with Crippen molar-refractivity contribution in [3.8, 4) is 11.1 Å². The van der Waals surface area contributed by atoms with Crippen molar-refractivity contribution in [3.63, 3.8) is 0 Å². The third-order valence-corrected chi connectivity index (χ3v) is 5.61. The Bertz CT molecular complexity index is 992. The summed E-state index contributed by atoms with van der Waals surface area (Å²) in [5.41, 5.74) is 8.64. The minimum absolute atomic E-state index is 0.0697. The first-order chi connectivity index (χ1) is 15.3. The van der Waals surface area contributed by atoms with Gasteiger partial charge >= 0.3 is 18.0 Å². The Morgan fingerprint density at radius 1 is 0.969 bits per heavy atom. The van der Waals surface area contributed by atoms with Crippen LogP contribution in [0.3, 0.4) is 0 Å². The van der Waals surface area contributed by atoms with Crippen molar-refractivity contribution in [1.82, 2.24) is 16.2 Å². The Hall–Kier alpha value is -3.88. The number of hydrazine groups is 1. The lowest BCUT2D eigenvalue weighted by Crippen LogP contribution is -2.55. The van der Waals surface area contributed by atoms with Gasteiger partial charge in [0.25, 0.3) is 5.91 Å². The number of carboxylic acid groups (broad SMARTS) is 1. The molecule has 0 aromatic heterocycles. The van der Waals surface area contributed by atoms with Crippen LogP contribution < -0.4 is 16.2 Å². The van der Waals surface area contributed by atoms with Crippen molar-refractivity contribution in [2.24, 2.45) is 5.92 Å². The van der Waals surface area contributed by atoms with E-state index in [0.29, 0.717) is 6.42 Å². The SMILES string of the molecule is CCC(C)[C@@H](NC(=O)C(=O)O)C(=O)NNC(=O)OCC1c2ccccc2-c2ccccc21. The molecule has 3 amide bonds. The van der Waals surface area contributed by atoms with Gasteiger partial charge < -0.3 is 15.2 Å². The fourth-order valence-electron chi connectivity index (χ4n) is 3.73. The van der Waals surface area contributed by atoms with Crippen LogP contribution in [0.15, 0.2) is 48.5 Å². The summed E-state index contributed by atoms with van der Waals surface area (Å²) in [5.74, 6) is -4.24. The van der Waals surface area contributed by atoms with Gasteiger partial charge in [0.1, 0.15) is 12.6 Å². The van der Waals surface area contributed by atoms with E-state index in [1.54, 1.807) is 13.8 Å². The van der Waals surface area contributed by atoms with Gasteiger partial charge in [-0.05, 0) is 28.2 Å². The summed E-state index contributed by atoms with van der Waals surface area (Å²) < 4.78 is 5.33. The number of amides is 3. The molecule has 0 saturated heterocycles. The number of rotatable bonds is 6. The van der Waals surface area contributed by atoms with Gasteiger partial charge in [0.2, 0.25) is 0 Å². The molecule has 0 saturated carbocycles. The van der Waals surface area contributed by atoms with Crippen LogP contribution in [0.25, 0.3) is 11.1 Å². The molecule has 32 heavy (non-hydrogen) atoms. The van der Waals surface area contributed by atoms with E-state index in [0.717, 1.165) is 22.3 Å². The van der Waals surface area contributed by atoms with Gasteiger partial charge in [-0.15, -0.1) is 0 Å². The van der Waals surface area contributed by atoms with Crippen LogP contribution in [0.2, 0.25) is 0 Å². The van der Waals surface area contributed by atoms with E-state index in [2.05, 4.69) is 16.2 Å². The fourth-order valence-corrected chi connectivity index (χ4v) is 3.73. The van der Waals surface area contributed by atoms with Crippen LogP contribution in [-0.4, -0.2) is 41.6 Å². The van der Waals surface area contributed by atoms with E-state index in [1.165, 1.54) is 0 Å². The summed E-state index contributed by atoms with van der Waals surface area (Å²) in [6, 6.07) is 14.7. The predicted molar refractivity (Wildman–Crippen MR) is 115 cm³/mol. The Morgan fingerprint density at radius 3 is 2.06 bits per heavy atom. The molecular formula is C23H25N3O6. The molecule has 9 heteroatoms. The Labute approximate surface area is 185 Å². The van der Waals surface area contributed by atoms with Crippen LogP contribution in [0.4, 0.5) is 4.79 Å². The van der Waals surface area contributed by atoms with Crippen LogP contribution in [-0.2, 0) is 19.1 Å². The van der Waals surface area contributed by atoms with Crippen molar-refractivity contribution < 1.29 is 29.0 Å². The molecule has 0 spiro atoms. The van der Waals surface area contributed by atoms with Crippen molar-refractivity contribution in [2.75, 3.05) is 6.61 Å². The number of ether oxygens (including phenoxy) is 1. The van der Waals surface area contributed by atoms with Crippen molar-refractivity contribution in [3.05, 3.63) is 59.7 Å². The van der Waals surface area contributed by atoms with Gasteiger partial charge in [0.05, 0.1) is 0 Å². The van der Waals surface area contributed by atoms with Gasteiger partial charge in [-0.2, -0.15) is 0 Å². The third-order valence-electron chi connectivity index (χ3n) is 5.61. The maximum atomic E-state index is 12.4. The van der Waals surface area contributed by atoms with Gasteiger partial charge in [0.15, 0.2) is 0 Å². The number of benzene rings is 2. The van der Waals surface area contributed by atoms with Crippen LogP contribution in [0.5, 0.6) is 0 Å². The summed E-state index contributed by atoms with van der Waals surface area (Å²) in [4.78, 5) is 46.8. The van der Waals surface area contributed by atoms with Gasteiger partial charge in [0, 0.05) is 5.92 Å². The first kappa shape index (κ1) is 22.8. The van der Waals surface area contributed by atoms with Crippen molar-refractivity contribution in [2.45, 2.75) is 32.2 Å². The number of carboxylic acids is 1. The molecule has 9 nitrogen and oxygen atoms in total. The summed E-state index contributed by atoms with van der Waals surface area (Å²) in [5, 5.41) is 10.9. The number of hydrogen-bond donors (Lipinski definition) is 4. The van der Waals surface area contributed by atoms with E-state index in [9.17, 15) is 19.2 Å². The van der Waals surface area contributed by atoms with Crippen LogP contribution in [0, 0.1) is 5.92 Å². The van der Waals surface area contributed by atoms with Crippen LogP contribution >= 0.6 is 0 Å². The van der Waals surface area contributed by atoms with Gasteiger partial charge in [-0.25, -0.2) is 15.0 Å². The number of carbonyl (C=O) groups excluding carboxylic acids is 3. The second-order valence-electron chi connectivity index (χ2n) is 7.58. The molecule has 0 heterocycles. The smallest absolute Gasteiger partial charge is 0.426 e. The predicted octanol–water partition coefficient (Wildman–Crippen LogP) is 2.17. The highest BCUT2D eigenvalue weighted by Gasteiger charge is 2.30. The molecule has 1 aliphatic rings. The number of carbonyl (C=O) groups is 4. The van der Waals surface area contributed by atoms with Gasteiger partial charge in [-0.1, -0.05) is 68.8 Å². The summed E-state index contributed by atoms with van der Waals surface area (Å²) in [7, 11) is 0. The molecule has 2 atom stereocenters. The Morgan fingerprint density at radius 2 is 1.53 bits per heavy atom. The highest BCUT2D eigenvalue weighted by Crippen LogP contribution is 2.44. The second kappa shape index (κ2) is 9.95. The first-order valence-corrected chi connectivity index (χ1v) is 10.3. The molecule has 3 rings (SSSR count). The number of hydrogen-bond acceptors (Lipinski definition) is 5. The summed E-state index contributed by atoms with van der Waals surface area (Å²) in [6.45, 7) is 3.54. The van der Waals surface area contributed by atoms with Gasteiger partial charge in [-0.3, -0.25) is 15.0 Å². The van der Waals surface area contributed by atoms with Crippen molar-refractivity contribution >= 4 is 23.9 Å². The molecule has 0 fully saturated rings. The second-order valence-corrected chi connectivity index (χ2v) is 7.58. The average Bonchev–Trinajstić information content (AvgIpc) is 3.12. The van der Waals surface area contributed by atoms with E-state index >= 15 is 0 Å². The lowest BCUT2D eigenvalue weighted by atomic mass is 9.98. The highest BCUT2D eigenvalue weighted by molar-refractivity contribution is 6.32. The third kappa shape index (κ3) is 4.88. The van der Waals surface area contributed by atoms with E-state index in [4.69, 9.17) is 9.84 Å². The number of fused-ring (bicyclic) bond motifs is 3. The summed E-state index contributed by atoms with van der Waals surface area (Å²) >= 11 is 0. The molecule has 1 aliphatic carbocycles. The Kier molecular flexibility index (Phi) is 7.09. The van der Waals surface area contributed by atoms with E-state index < -0.39 is 29.9 Å². The molecule has 2 aromatic rings. The maximum Gasteiger partial charge on any atom is 0.426 e. The molecule has 2 aromatic carbocycles.